The van der Waals surface area contributed by atoms with Gasteiger partial charge < -0.3 is 10.6 Å². The highest BCUT2D eigenvalue weighted by atomic mass is 32.2. The number of carbonyl (C=O) groups is 1. The van der Waals surface area contributed by atoms with Crippen LogP contribution in [0.4, 0.5) is 10.1 Å². The molecule has 0 radical (unpaired) electrons. The van der Waals surface area contributed by atoms with Crippen LogP contribution in [-0.4, -0.2) is 27.1 Å². The summed E-state index contributed by atoms with van der Waals surface area (Å²) in [5, 5.41) is 5.69. The number of hydrogen-bond acceptors (Lipinski definition) is 4. The van der Waals surface area contributed by atoms with Crippen molar-refractivity contribution in [3.8, 4) is 0 Å². The van der Waals surface area contributed by atoms with Crippen molar-refractivity contribution in [2.45, 2.75) is 51.0 Å². The molecule has 0 heterocycles. The van der Waals surface area contributed by atoms with Gasteiger partial charge in [-0.25, -0.2) is 12.8 Å². The van der Waals surface area contributed by atoms with E-state index in [2.05, 4.69) is 55.7 Å². The van der Waals surface area contributed by atoms with Crippen molar-refractivity contribution >= 4 is 21.4 Å². The minimum atomic E-state index is -3.49. The fourth-order valence-corrected chi connectivity index (χ4v) is 3.89. The van der Waals surface area contributed by atoms with Crippen molar-refractivity contribution in [1.82, 2.24) is 5.32 Å². The molecular formula is C23H31FN2O3S. The Labute approximate surface area is 179 Å². The van der Waals surface area contributed by atoms with Crippen molar-refractivity contribution in [1.29, 1.82) is 0 Å². The van der Waals surface area contributed by atoms with E-state index in [1.165, 1.54) is 11.6 Å². The number of benzene rings is 2. The molecule has 5 nitrogen and oxygen atoms in total. The summed E-state index contributed by atoms with van der Waals surface area (Å²) in [6, 6.07) is 11.7. The van der Waals surface area contributed by atoms with Crippen LogP contribution < -0.4 is 10.6 Å². The third-order valence-electron chi connectivity index (χ3n) is 4.95. The number of hydrogen-bond donors (Lipinski definition) is 2. The summed E-state index contributed by atoms with van der Waals surface area (Å²) >= 11 is 0. The Bertz CT molecular complexity index is 957. The van der Waals surface area contributed by atoms with E-state index in [4.69, 9.17) is 0 Å². The van der Waals surface area contributed by atoms with Gasteiger partial charge in [0.05, 0.1) is 17.1 Å². The molecule has 0 aromatic heterocycles. The summed E-state index contributed by atoms with van der Waals surface area (Å²) in [5.74, 6) is -0.881. The van der Waals surface area contributed by atoms with Crippen LogP contribution >= 0.6 is 0 Å². The average Bonchev–Trinajstić information content (AvgIpc) is 2.68. The molecule has 7 heteroatoms. The van der Waals surface area contributed by atoms with Crippen LogP contribution in [0.2, 0.25) is 0 Å². The standard InChI is InChI=1S/C23H31FN2O3S/c1-5-6-7-17-8-10-18(11-9-17)23(16(2)3)25-15-22(27)26-21-14-19(30(4,28)29)12-13-20(21)24/h8-14,16,23,25H,5-7,15H2,1-4H3,(H,26,27). The Balaban J connectivity index is 2.04. The first kappa shape index (κ1) is 24.0. The monoisotopic (exact) mass is 434 g/mol. The molecule has 0 aliphatic rings. The van der Waals surface area contributed by atoms with Crippen LogP contribution in [-0.2, 0) is 21.1 Å². The average molecular weight is 435 g/mol. The second-order valence-corrected chi connectivity index (χ2v) is 9.93. The van der Waals surface area contributed by atoms with Gasteiger partial charge in [-0.3, -0.25) is 4.79 Å². The Kier molecular flexibility index (Phi) is 8.55. The molecule has 30 heavy (non-hydrogen) atoms. The quantitative estimate of drug-likeness (QED) is 0.540. The lowest BCUT2D eigenvalue weighted by Crippen LogP contribution is -2.33. The van der Waals surface area contributed by atoms with Crippen LogP contribution in [0.1, 0.15) is 50.8 Å². The van der Waals surface area contributed by atoms with E-state index in [9.17, 15) is 17.6 Å². The Morgan fingerprint density at radius 3 is 2.33 bits per heavy atom. The third-order valence-corrected chi connectivity index (χ3v) is 6.06. The summed E-state index contributed by atoms with van der Waals surface area (Å²) in [7, 11) is -3.49. The van der Waals surface area contributed by atoms with E-state index in [1.54, 1.807) is 0 Å². The van der Waals surface area contributed by atoms with Gasteiger partial charge in [0.25, 0.3) is 0 Å². The minimum absolute atomic E-state index is 0.0248. The fourth-order valence-electron chi connectivity index (χ4n) is 3.24. The summed E-state index contributed by atoms with van der Waals surface area (Å²) in [4.78, 5) is 12.3. The number of amides is 1. The van der Waals surface area contributed by atoms with Crippen LogP contribution in [0.5, 0.6) is 0 Å². The van der Waals surface area contributed by atoms with E-state index in [1.807, 2.05) is 0 Å². The molecule has 2 rings (SSSR count). The third kappa shape index (κ3) is 6.92. The van der Waals surface area contributed by atoms with Crippen molar-refractivity contribution in [3.63, 3.8) is 0 Å². The molecular weight excluding hydrogens is 403 g/mol. The summed E-state index contributed by atoms with van der Waals surface area (Å²) < 4.78 is 37.3. The number of anilines is 1. The van der Waals surface area contributed by atoms with Gasteiger partial charge in [-0.05, 0) is 48.1 Å². The molecule has 164 valence electrons. The maximum Gasteiger partial charge on any atom is 0.238 e. The lowest BCUT2D eigenvalue weighted by molar-refractivity contribution is -0.115. The summed E-state index contributed by atoms with van der Waals surface area (Å²) in [5.41, 5.74) is 2.23. The van der Waals surface area contributed by atoms with E-state index in [0.29, 0.717) is 0 Å². The number of carbonyl (C=O) groups excluding carboxylic acids is 1. The number of rotatable bonds is 10. The maximum atomic E-state index is 14.0. The number of halogens is 1. The molecule has 0 saturated heterocycles. The molecule has 0 fully saturated rings. The molecule has 0 aliphatic carbocycles. The van der Waals surface area contributed by atoms with Gasteiger partial charge >= 0.3 is 0 Å². The van der Waals surface area contributed by atoms with Gasteiger partial charge in [0.1, 0.15) is 5.82 Å². The van der Waals surface area contributed by atoms with E-state index in [-0.39, 0.29) is 29.1 Å². The predicted molar refractivity (Wildman–Crippen MR) is 119 cm³/mol. The molecule has 0 spiro atoms. The van der Waals surface area contributed by atoms with Crippen molar-refractivity contribution in [3.05, 3.63) is 59.4 Å². The predicted octanol–water partition coefficient (Wildman–Crippen LogP) is 4.50. The van der Waals surface area contributed by atoms with Crippen molar-refractivity contribution < 1.29 is 17.6 Å². The molecule has 1 amide bonds. The molecule has 0 saturated carbocycles. The SMILES string of the molecule is CCCCc1ccc(C(NCC(=O)Nc2cc(S(C)(=O)=O)ccc2F)C(C)C)cc1. The first-order valence-corrected chi connectivity index (χ1v) is 12.1. The molecule has 2 N–H and O–H groups in total. The number of sulfone groups is 1. The first-order chi connectivity index (χ1) is 14.1. The van der Waals surface area contributed by atoms with Crippen molar-refractivity contribution in [2.24, 2.45) is 5.92 Å². The second-order valence-electron chi connectivity index (χ2n) is 7.91. The summed E-state index contributed by atoms with van der Waals surface area (Å²) in [6.45, 7) is 6.27. The zero-order chi connectivity index (χ0) is 22.3. The van der Waals surface area contributed by atoms with E-state index < -0.39 is 21.6 Å². The molecule has 2 aromatic carbocycles. The molecule has 0 bridgehead atoms. The van der Waals surface area contributed by atoms with Gasteiger partial charge in [0.15, 0.2) is 9.84 Å². The highest BCUT2D eigenvalue weighted by molar-refractivity contribution is 7.90. The normalized spacial score (nSPS) is 12.7. The lowest BCUT2D eigenvalue weighted by Gasteiger charge is -2.23. The van der Waals surface area contributed by atoms with Gasteiger partial charge in [-0.2, -0.15) is 0 Å². The number of nitrogens with one attached hydrogen (secondary N) is 2. The molecule has 1 atom stereocenters. The van der Waals surface area contributed by atoms with Crippen LogP contribution in [0.15, 0.2) is 47.4 Å². The molecule has 2 aromatic rings. The zero-order valence-corrected chi connectivity index (χ0v) is 18.9. The van der Waals surface area contributed by atoms with Gasteiger partial charge in [-0.1, -0.05) is 51.5 Å². The van der Waals surface area contributed by atoms with Gasteiger partial charge in [0.2, 0.25) is 5.91 Å². The van der Waals surface area contributed by atoms with Crippen LogP contribution in [0.3, 0.4) is 0 Å². The smallest absolute Gasteiger partial charge is 0.238 e. The Hall–Kier alpha value is -2.25. The second kappa shape index (κ2) is 10.7. The maximum absolute atomic E-state index is 14.0. The largest absolute Gasteiger partial charge is 0.322 e. The highest BCUT2D eigenvalue weighted by Crippen LogP contribution is 2.23. The highest BCUT2D eigenvalue weighted by Gasteiger charge is 2.18. The number of aryl methyl sites for hydroxylation is 1. The topological polar surface area (TPSA) is 75.3 Å². The minimum Gasteiger partial charge on any atom is -0.322 e. The fraction of sp³-hybridized carbons (Fsp3) is 0.435. The van der Waals surface area contributed by atoms with Crippen LogP contribution in [0, 0.1) is 11.7 Å². The van der Waals surface area contributed by atoms with E-state index >= 15 is 0 Å². The molecule has 1 unspecified atom stereocenters. The van der Waals surface area contributed by atoms with Crippen LogP contribution in [0.25, 0.3) is 0 Å². The lowest BCUT2D eigenvalue weighted by atomic mass is 9.94. The first-order valence-electron chi connectivity index (χ1n) is 10.2. The molecule has 0 aliphatic heterocycles. The van der Waals surface area contributed by atoms with Gasteiger partial charge in [0, 0.05) is 12.3 Å². The number of unbranched alkanes of at least 4 members (excludes halogenated alkanes) is 1. The van der Waals surface area contributed by atoms with E-state index in [0.717, 1.165) is 43.2 Å². The Morgan fingerprint density at radius 2 is 1.77 bits per heavy atom. The Morgan fingerprint density at radius 1 is 1.10 bits per heavy atom. The van der Waals surface area contributed by atoms with Gasteiger partial charge in [-0.15, -0.1) is 0 Å². The van der Waals surface area contributed by atoms with Crippen molar-refractivity contribution in [2.75, 3.05) is 18.1 Å². The zero-order valence-electron chi connectivity index (χ0n) is 18.0. The summed E-state index contributed by atoms with van der Waals surface area (Å²) in [6.07, 6.45) is 4.40.